The van der Waals surface area contributed by atoms with E-state index in [9.17, 15) is 18.0 Å². The minimum Gasteiger partial charge on any atom is -0.378 e. The van der Waals surface area contributed by atoms with Crippen LogP contribution < -0.4 is 11.2 Å². The van der Waals surface area contributed by atoms with E-state index in [-0.39, 0.29) is 55.8 Å². The van der Waals surface area contributed by atoms with Crippen molar-refractivity contribution in [3.63, 3.8) is 0 Å². The number of sulfone groups is 1. The van der Waals surface area contributed by atoms with Crippen molar-refractivity contribution in [2.24, 2.45) is 0 Å². The summed E-state index contributed by atoms with van der Waals surface area (Å²) in [6, 6.07) is 5.69. The van der Waals surface area contributed by atoms with Gasteiger partial charge in [0.25, 0.3) is 5.56 Å². The lowest BCUT2D eigenvalue weighted by atomic mass is 10.1. The van der Waals surface area contributed by atoms with Gasteiger partial charge in [-0.15, -0.1) is 0 Å². The summed E-state index contributed by atoms with van der Waals surface area (Å²) in [5.41, 5.74) is -1.14. The van der Waals surface area contributed by atoms with Crippen LogP contribution in [0.3, 0.4) is 0 Å². The summed E-state index contributed by atoms with van der Waals surface area (Å²) in [6.07, 6.45) is 0. The first kappa shape index (κ1) is 27.3. The van der Waals surface area contributed by atoms with Crippen LogP contribution in [0.5, 0.6) is 0 Å². The lowest BCUT2D eigenvalue weighted by Crippen LogP contribution is -2.56. The number of nitrogens with one attached hydrogen (secondary N) is 1. The van der Waals surface area contributed by atoms with Gasteiger partial charge in [0.05, 0.1) is 52.4 Å². The van der Waals surface area contributed by atoms with Crippen molar-refractivity contribution in [2.45, 2.75) is 31.0 Å². The van der Waals surface area contributed by atoms with Gasteiger partial charge < -0.3 is 9.72 Å². The SMILES string of the molecule is CCS(=O)(=O)c1ccc(Cl)cc1Cn1c(=O)[nH]c2c(Cl)c(CN3CCN(C4COC4)CC3)c(F)cc2c1=O. The molecule has 38 heavy (non-hydrogen) atoms. The van der Waals surface area contributed by atoms with Crippen LogP contribution in [0.4, 0.5) is 4.39 Å². The molecule has 13 heteroatoms. The highest BCUT2D eigenvalue weighted by Gasteiger charge is 2.29. The Morgan fingerprint density at radius 1 is 1.08 bits per heavy atom. The third kappa shape index (κ3) is 5.15. The maximum absolute atomic E-state index is 15.3. The summed E-state index contributed by atoms with van der Waals surface area (Å²) >= 11 is 12.6. The summed E-state index contributed by atoms with van der Waals surface area (Å²) in [5, 5.41) is 0.127. The van der Waals surface area contributed by atoms with Crippen molar-refractivity contribution in [1.29, 1.82) is 0 Å². The molecular weight excluding hydrogens is 558 g/mol. The van der Waals surface area contributed by atoms with Gasteiger partial charge in [0.15, 0.2) is 9.84 Å². The molecule has 2 fully saturated rings. The molecule has 9 nitrogen and oxygen atoms in total. The summed E-state index contributed by atoms with van der Waals surface area (Å²) in [4.78, 5) is 33.3. The second-order valence-electron chi connectivity index (χ2n) is 9.55. The Bertz CT molecular complexity index is 1610. The van der Waals surface area contributed by atoms with Crippen molar-refractivity contribution >= 4 is 43.9 Å². The Kier molecular flexibility index (Phi) is 7.69. The van der Waals surface area contributed by atoms with Crippen LogP contribution in [0, 0.1) is 5.82 Å². The fraction of sp³-hybridized carbons (Fsp3) is 0.440. The highest BCUT2D eigenvalue weighted by molar-refractivity contribution is 7.91. The van der Waals surface area contributed by atoms with Gasteiger partial charge in [0.1, 0.15) is 5.82 Å². The largest absolute Gasteiger partial charge is 0.378 e. The smallest absolute Gasteiger partial charge is 0.329 e. The quantitative estimate of drug-likeness (QED) is 0.455. The van der Waals surface area contributed by atoms with Crippen molar-refractivity contribution < 1.29 is 17.5 Å². The molecule has 5 rings (SSSR count). The molecule has 0 spiro atoms. The second-order valence-corrected chi connectivity index (χ2v) is 12.6. The van der Waals surface area contributed by atoms with Crippen LogP contribution >= 0.6 is 23.2 Å². The fourth-order valence-electron chi connectivity index (χ4n) is 4.90. The summed E-state index contributed by atoms with van der Waals surface area (Å²) in [6.45, 7) is 5.97. The third-order valence-electron chi connectivity index (χ3n) is 7.26. The molecule has 0 amide bonds. The molecule has 0 bridgehead atoms. The van der Waals surface area contributed by atoms with E-state index >= 15 is 4.39 Å². The Morgan fingerprint density at radius 3 is 2.42 bits per heavy atom. The van der Waals surface area contributed by atoms with Gasteiger partial charge in [-0.2, -0.15) is 0 Å². The van der Waals surface area contributed by atoms with Gasteiger partial charge in [-0.1, -0.05) is 30.1 Å². The number of aromatic amines is 1. The van der Waals surface area contributed by atoms with E-state index in [1.165, 1.54) is 25.1 Å². The maximum atomic E-state index is 15.3. The molecule has 0 saturated carbocycles. The minimum absolute atomic E-state index is 0.0202. The molecule has 0 aliphatic carbocycles. The van der Waals surface area contributed by atoms with Gasteiger partial charge >= 0.3 is 5.69 Å². The second kappa shape index (κ2) is 10.7. The molecule has 2 aliphatic heterocycles. The van der Waals surface area contributed by atoms with Crippen molar-refractivity contribution in [1.82, 2.24) is 19.4 Å². The third-order valence-corrected chi connectivity index (χ3v) is 9.74. The first-order chi connectivity index (χ1) is 18.1. The average molecular weight is 585 g/mol. The normalized spacial score (nSPS) is 17.7. The summed E-state index contributed by atoms with van der Waals surface area (Å²) < 4.78 is 46.5. The number of ether oxygens (including phenoxy) is 1. The zero-order valence-electron chi connectivity index (χ0n) is 20.7. The Hall–Kier alpha value is -2.28. The standard InChI is InChI=1S/C25H27Cl2FN4O5S/c1-2-38(35,36)21-4-3-16(26)9-15(21)11-32-24(33)18-10-20(28)19(22(27)23(18)29-25(32)34)12-30-5-7-31(8-6-30)17-13-37-14-17/h3-4,9-10,17H,2,5-8,11-14H2,1H3,(H,29,34). The molecule has 2 saturated heterocycles. The van der Waals surface area contributed by atoms with Crippen molar-refractivity contribution in [2.75, 3.05) is 45.1 Å². The van der Waals surface area contributed by atoms with Gasteiger partial charge in [0.2, 0.25) is 0 Å². The number of hydrogen-bond acceptors (Lipinski definition) is 7. The lowest BCUT2D eigenvalue weighted by Gasteiger charge is -2.42. The van der Waals surface area contributed by atoms with Crippen LogP contribution in [0.1, 0.15) is 18.1 Å². The number of aromatic nitrogens is 2. The molecule has 204 valence electrons. The monoisotopic (exact) mass is 584 g/mol. The number of nitrogens with zero attached hydrogens (tertiary/aromatic N) is 3. The molecule has 2 aromatic carbocycles. The maximum Gasteiger partial charge on any atom is 0.329 e. The van der Waals surface area contributed by atoms with E-state index in [2.05, 4.69) is 14.8 Å². The van der Waals surface area contributed by atoms with Crippen LogP contribution in [0.25, 0.3) is 10.9 Å². The van der Waals surface area contributed by atoms with Crippen molar-refractivity contribution in [3.8, 4) is 0 Å². The summed E-state index contributed by atoms with van der Waals surface area (Å²) in [7, 11) is -3.66. The number of hydrogen-bond donors (Lipinski definition) is 1. The molecule has 0 unspecified atom stereocenters. The molecule has 3 heterocycles. The molecule has 0 atom stereocenters. The highest BCUT2D eigenvalue weighted by atomic mass is 35.5. The Morgan fingerprint density at radius 2 is 1.79 bits per heavy atom. The minimum atomic E-state index is -3.66. The first-order valence-electron chi connectivity index (χ1n) is 12.3. The van der Waals surface area contributed by atoms with Gasteiger partial charge in [-0.3, -0.25) is 19.2 Å². The first-order valence-corrected chi connectivity index (χ1v) is 14.7. The predicted molar refractivity (Wildman–Crippen MR) is 144 cm³/mol. The van der Waals surface area contributed by atoms with Crippen LogP contribution in [-0.4, -0.2) is 79.0 Å². The average Bonchev–Trinajstić information content (AvgIpc) is 2.85. The fourth-order valence-corrected chi connectivity index (χ4v) is 6.50. The topological polar surface area (TPSA) is 105 Å². The molecular formula is C25H27Cl2FN4O5S. The summed E-state index contributed by atoms with van der Waals surface area (Å²) in [5.74, 6) is -0.817. The van der Waals surface area contributed by atoms with Crippen LogP contribution in [0.15, 0.2) is 38.8 Å². The number of halogens is 3. The van der Waals surface area contributed by atoms with Gasteiger partial charge in [0, 0.05) is 43.3 Å². The van der Waals surface area contributed by atoms with Gasteiger partial charge in [-0.05, 0) is 29.8 Å². The Labute approximate surface area is 228 Å². The number of piperazine rings is 1. The van der Waals surface area contributed by atoms with Crippen molar-refractivity contribution in [3.05, 3.63) is 72.1 Å². The molecule has 2 aliphatic rings. The van der Waals surface area contributed by atoms with E-state index in [1.54, 1.807) is 0 Å². The van der Waals surface area contributed by atoms with Crippen LogP contribution in [0.2, 0.25) is 10.0 Å². The number of rotatable bonds is 7. The molecule has 1 N–H and O–H groups in total. The van der Waals surface area contributed by atoms with E-state index < -0.39 is 26.9 Å². The highest BCUT2D eigenvalue weighted by Crippen LogP contribution is 2.29. The molecule has 1 aromatic heterocycles. The van der Waals surface area contributed by atoms with Crippen LogP contribution in [-0.2, 0) is 27.7 Å². The number of benzene rings is 2. The van der Waals surface area contributed by atoms with E-state index in [1.807, 2.05) is 0 Å². The molecule has 0 radical (unpaired) electrons. The molecule has 3 aromatic rings. The van der Waals surface area contributed by atoms with E-state index in [0.29, 0.717) is 6.04 Å². The lowest BCUT2D eigenvalue weighted by molar-refractivity contribution is -0.0774. The zero-order valence-corrected chi connectivity index (χ0v) is 23.0. The number of fused-ring (bicyclic) bond motifs is 1. The van der Waals surface area contributed by atoms with E-state index in [0.717, 1.165) is 50.0 Å². The Balaban J connectivity index is 1.47. The zero-order chi connectivity index (χ0) is 27.2. The predicted octanol–water partition coefficient (Wildman–Crippen LogP) is 2.49. The van der Waals surface area contributed by atoms with E-state index in [4.69, 9.17) is 27.9 Å². The number of H-pyrrole nitrogens is 1. The van der Waals surface area contributed by atoms with Gasteiger partial charge in [-0.25, -0.2) is 17.6 Å².